The summed E-state index contributed by atoms with van der Waals surface area (Å²) in [6.45, 7) is 4.80. The first-order valence-electron chi connectivity index (χ1n) is 7.43. The highest BCUT2D eigenvalue weighted by Crippen LogP contribution is 2.07. The molecule has 0 radical (unpaired) electrons. The van der Waals surface area contributed by atoms with Gasteiger partial charge in [-0.15, -0.1) is 10.2 Å². The van der Waals surface area contributed by atoms with E-state index in [1.54, 1.807) is 0 Å². The van der Waals surface area contributed by atoms with Crippen molar-refractivity contribution in [2.75, 3.05) is 7.05 Å². The molecule has 1 amide bonds. The van der Waals surface area contributed by atoms with Crippen LogP contribution in [0.2, 0.25) is 0 Å². The standard InChI is InChI=1S/C16H22N4O2/c1-4-14-18-19-15(22-14)11-20(3)12(2)16(21)17-10-13-8-6-5-7-9-13/h5-9,12H,4,10-11H2,1-3H3,(H,17,21)/t12-/m0/s1. The average Bonchev–Trinajstić information content (AvgIpc) is 3.00. The van der Waals surface area contributed by atoms with Gasteiger partial charge < -0.3 is 9.73 Å². The number of carbonyl (C=O) groups is 1. The van der Waals surface area contributed by atoms with Gasteiger partial charge in [-0.05, 0) is 19.5 Å². The molecule has 1 aromatic heterocycles. The maximum absolute atomic E-state index is 12.2. The third-order valence-electron chi connectivity index (χ3n) is 3.55. The van der Waals surface area contributed by atoms with Gasteiger partial charge in [-0.3, -0.25) is 9.69 Å². The molecule has 1 aromatic carbocycles. The van der Waals surface area contributed by atoms with E-state index in [2.05, 4.69) is 15.5 Å². The van der Waals surface area contributed by atoms with Gasteiger partial charge in [-0.2, -0.15) is 0 Å². The third kappa shape index (κ3) is 4.39. The lowest BCUT2D eigenvalue weighted by molar-refractivity contribution is -0.125. The predicted octanol–water partition coefficient (Wildman–Crippen LogP) is 1.77. The summed E-state index contributed by atoms with van der Waals surface area (Å²) >= 11 is 0. The van der Waals surface area contributed by atoms with Crippen molar-refractivity contribution >= 4 is 5.91 Å². The van der Waals surface area contributed by atoms with Crippen molar-refractivity contribution in [3.63, 3.8) is 0 Å². The van der Waals surface area contributed by atoms with E-state index in [4.69, 9.17) is 4.42 Å². The Hall–Kier alpha value is -2.21. The van der Waals surface area contributed by atoms with Gasteiger partial charge in [0.05, 0.1) is 12.6 Å². The topological polar surface area (TPSA) is 71.3 Å². The molecule has 0 fully saturated rings. The fourth-order valence-electron chi connectivity index (χ4n) is 1.98. The number of aryl methyl sites for hydroxylation is 1. The lowest BCUT2D eigenvalue weighted by Crippen LogP contribution is -2.42. The van der Waals surface area contributed by atoms with Gasteiger partial charge in [0.1, 0.15) is 0 Å². The Morgan fingerprint density at radius 1 is 1.27 bits per heavy atom. The summed E-state index contributed by atoms with van der Waals surface area (Å²) in [7, 11) is 1.86. The maximum Gasteiger partial charge on any atom is 0.237 e. The predicted molar refractivity (Wildman–Crippen MR) is 82.9 cm³/mol. The Bertz CT molecular complexity index is 597. The summed E-state index contributed by atoms with van der Waals surface area (Å²) in [4.78, 5) is 14.1. The Balaban J connectivity index is 1.83. The number of hydrogen-bond acceptors (Lipinski definition) is 5. The zero-order chi connectivity index (χ0) is 15.9. The minimum absolute atomic E-state index is 0.0263. The van der Waals surface area contributed by atoms with Crippen LogP contribution in [0.25, 0.3) is 0 Å². The smallest absolute Gasteiger partial charge is 0.237 e. The van der Waals surface area contributed by atoms with Crippen molar-refractivity contribution in [2.24, 2.45) is 0 Å². The normalized spacial score (nSPS) is 12.4. The van der Waals surface area contributed by atoms with E-state index in [9.17, 15) is 4.79 Å². The molecule has 1 atom stereocenters. The number of aromatic nitrogens is 2. The molecule has 0 unspecified atom stereocenters. The van der Waals surface area contributed by atoms with E-state index in [1.807, 2.05) is 56.1 Å². The van der Waals surface area contributed by atoms with Crippen LogP contribution in [0.5, 0.6) is 0 Å². The molecular weight excluding hydrogens is 280 g/mol. The molecule has 118 valence electrons. The lowest BCUT2D eigenvalue weighted by atomic mass is 10.2. The molecule has 0 saturated heterocycles. The molecule has 6 nitrogen and oxygen atoms in total. The molecule has 0 aliphatic carbocycles. The minimum Gasteiger partial charge on any atom is -0.424 e. The maximum atomic E-state index is 12.2. The molecule has 0 aliphatic rings. The van der Waals surface area contributed by atoms with Crippen LogP contribution in [0, 0.1) is 0 Å². The van der Waals surface area contributed by atoms with Crippen LogP contribution in [-0.4, -0.2) is 34.1 Å². The molecule has 6 heteroatoms. The number of carbonyl (C=O) groups excluding carboxylic acids is 1. The van der Waals surface area contributed by atoms with Gasteiger partial charge in [-0.25, -0.2) is 0 Å². The summed E-state index contributed by atoms with van der Waals surface area (Å²) < 4.78 is 5.47. The van der Waals surface area contributed by atoms with E-state index in [-0.39, 0.29) is 11.9 Å². The van der Waals surface area contributed by atoms with E-state index >= 15 is 0 Å². The van der Waals surface area contributed by atoms with E-state index in [0.717, 1.165) is 5.56 Å². The van der Waals surface area contributed by atoms with Gasteiger partial charge in [0.15, 0.2) is 0 Å². The second-order valence-corrected chi connectivity index (χ2v) is 5.24. The molecule has 0 saturated carbocycles. The molecule has 2 rings (SSSR count). The molecular formula is C16H22N4O2. The Labute approximate surface area is 130 Å². The van der Waals surface area contributed by atoms with Crippen molar-refractivity contribution in [2.45, 2.75) is 39.4 Å². The molecule has 0 aliphatic heterocycles. The Morgan fingerprint density at radius 3 is 2.59 bits per heavy atom. The van der Waals surface area contributed by atoms with Crippen LogP contribution in [0.15, 0.2) is 34.7 Å². The van der Waals surface area contributed by atoms with Crippen molar-refractivity contribution in [1.29, 1.82) is 0 Å². The molecule has 2 aromatic rings. The van der Waals surface area contributed by atoms with Crippen LogP contribution >= 0.6 is 0 Å². The van der Waals surface area contributed by atoms with E-state index < -0.39 is 0 Å². The Morgan fingerprint density at radius 2 is 1.95 bits per heavy atom. The number of nitrogens with zero attached hydrogens (tertiary/aromatic N) is 3. The van der Waals surface area contributed by atoms with Gasteiger partial charge >= 0.3 is 0 Å². The average molecular weight is 302 g/mol. The van der Waals surface area contributed by atoms with Crippen LogP contribution in [0.1, 0.15) is 31.2 Å². The number of likely N-dealkylation sites (N-methyl/N-ethyl adjacent to an activating group) is 1. The molecule has 0 bridgehead atoms. The van der Waals surface area contributed by atoms with E-state index in [1.165, 1.54) is 0 Å². The monoisotopic (exact) mass is 302 g/mol. The zero-order valence-electron chi connectivity index (χ0n) is 13.2. The summed E-state index contributed by atoms with van der Waals surface area (Å²) in [5, 5.41) is 10.8. The molecule has 0 spiro atoms. The number of amides is 1. The fourth-order valence-corrected chi connectivity index (χ4v) is 1.98. The minimum atomic E-state index is -0.277. The largest absolute Gasteiger partial charge is 0.424 e. The number of hydrogen-bond donors (Lipinski definition) is 1. The van der Waals surface area contributed by atoms with Gasteiger partial charge in [0, 0.05) is 13.0 Å². The number of rotatable bonds is 7. The highest BCUT2D eigenvalue weighted by atomic mass is 16.4. The van der Waals surface area contributed by atoms with Crippen molar-refractivity contribution in [3.05, 3.63) is 47.7 Å². The van der Waals surface area contributed by atoms with Gasteiger partial charge in [-0.1, -0.05) is 37.3 Å². The highest BCUT2D eigenvalue weighted by molar-refractivity contribution is 5.81. The molecule has 22 heavy (non-hydrogen) atoms. The number of nitrogens with one attached hydrogen (secondary N) is 1. The van der Waals surface area contributed by atoms with Crippen molar-refractivity contribution in [1.82, 2.24) is 20.4 Å². The summed E-state index contributed by atoms with van der Waals surface area (Å²) in [5.41, 5.74) is 1.08. The first-order chi connectivity index (χ1) is 10.6. The van der Waals surface area contributed by atoms with E-state index in [0.29, 0.717) is 31.3 Å². The quantitative estimate of drug-likeness (QED) is 0.844. The van der Waals surface area contributed by atoms with Gasteiger partial charge in [0.25, 0.3) is 0 Å². The lowest BCUT2D eigenvalue weighted by Gasteiger charge is -2.22. The second kappa shape index (κ2) is 7.70. The summed E-state index contributed by atoms with van der Waals surface area (Å²) in [5.74, 6) is 1.12. The SMILES string of the molecule is CCc1nnc(CN(C)[C@@H](C)C(=O)NCc2ccccc2)o1. The number of benzene rings is 1. The van der Waals surface area contributed by atoms with Crippen LogP contribution < -0.4 is 5.32 Å². The highest BCUT2D eigenvalue weighted by Gasteiger charge is 2.19. The van der Waals surface area contributed by atoms with Crippen LogP contribution in [0.4, 0.5) is 0 Å². The first-order valence-corrected chi connectivity index (χ1v) is 7.43. The molecule has 1 heterocycles. The summed E-state index contributed by atoms with van der Waals surface area (Å²) in [6.07, 6.45) is 0.712. The van der Waals surface area contributed by atoms with Crippen molar-refractivity contribution in [3.8, 4) is 0 Å². The van der Waals surface area contributed by atoms with Crippen LogP contribution in [0.3, 0.4) is 0 Å². The fraction of sp³-hybridized carbons (Fsp3) is 0.438. The molecule has 1 N–H and O–H groups in total. The van der Waals surface area contributed by atoms with Crippen molar-refractivity contribution < 1.29 is 9.21 Å². The van der Waals surface area contributed by atoms with Crippen LogP contribution in [-0.2, 0) is 24.3 Å². The third-order valence-corrected chi connectivity index (χ3v) is 3.55. The second-order valence-electron chi connectivity index (χ2n) is 5.24. The zero-order valence-corrected chi connectivity index (χ0v) is 13.2. The summed E-state index contributed by atoms with van der Waals surface area (Å²) in [6, 6.07) is 9.56. The first kappa shape index (κ1) is 16.2. The van der Waals surface area contributed by atoms with Gasteiger partial charge in [0.2, 0.25) is 17.7 Å². The Kier molecular flexibility index (Phi) is 5.66.